The van der Waals surface area contributed by atoms with Crippen molar-refractivity contribution >= 4 is 5.91 Å². The van der Waals surface area contributed by atoms with Gasteiger partial charge in [-0.2, -0.15) is 13.2 Å². The van der Waals surface area contributed by atoms with E-state index in [1.807, 2.05) is 0 Å². The van der Waals surface area contributed by atoms with Crippen LogP contribution in [0, 0.1) is 0 Å². The summed E-state index contributed by atoms with van der Waals surface area (Å²) in [7, 11) is 0. The molecule has 0 spiro atoms. The number of nitrogens with two attached hydrogens (primary N) is 1. The Hall–Kier alpha value is -2.37. The van der Waals surface area contributed by atoms with Gasteiger partial charge < -0.3 is 5.73 Å². The number of halogens is 3. The third-order valence-corrected chi connectivity index (χ3v) is 3.16. The number of hydrogen-bond acceptors (Lipinski definition) is 2. The Labute approximate surface area is 119 Å². The van der Waals surface area contributed by atoms with Gasteiger partial charge in [-0.25, -0.2) is 0 Å². The summed E-state index contributed by atoms with van der Waals surface area (Å²) in [6.45, 7) is 1.76. The zero-order valence-corrected chi connectivity index (χ0v) is 11.2. The van der Waals surface area contributed by atoms with Crippen molar-refractivity contribution in [1.29, 1.82) is 0 Å². The average Bonchev–Trinajstić information content (AvgIpc) is 2.45. The maximum Gasteiger partial charge on any atom is 0.433 e. The first-order valence-electron chi connectivity index (χ1n) is 6.30. The van der Waals surface area contributed by atoms with Gasteiger partial charge in [0.25, 0.3) is 0 Å². The first kappa shape index (κ1) is 15.0. The molecule has 0 radical (unpaired) electrons. The summed E-state index contributed by atoms with van der Waals surface area (Å²) < 4.78 is 39.2. The number of amides is 1. The van der Waals surface area contributed by atoms with Gasteiger partial charge >= 0.3 is 6.18 Å². The molecule has 0 atom stereocenters. The predicted molar refractivity (Wildman–Crippen MR) is 72.6 cm³/mol. The lowest BCUT2D eigenvalue weighted by molar-refractivity contribution is -0.140. The van der Waals surface area contributed by atoms with Crippen molar-refractivity contribution in [1.82, 2.24) is 4.98 Å². The van der Waals surface area contributed by atoms with Crippen LogP contribution in [-0.2, 0) is 12.6 Å². The lowest BCUT2D eigenvalue weighted by Gasteiger charge is -2.16. The van der Waals surface area contributed by atoms with Crippen molar-refractivity contribution in [2.45, 2.75) is 19.5 Å². The smallest absolute Gasteiger partial charge is 0.366 e. The molecule has 110 valence electrons. The normalized spacial score (nSPS) is 11.4. The highest BCUT2D eigenvalue weighted by Crippen LogP contribution is 2.37. The standard InChI is InChI=1S/C15H13F3N2O/c1-2-9-10(5-3-6-12(9)14(19)21)11-7-4-8-20-13(11)15(16,17)18/h3-8H,2H2,1H3,(H2,19,21). The second-order valence-electron chi connectivity index (χ2n) is 4.45. The number of nitrogens with zero attached hydrogens (tertiary/aromatic N) is 1. The summed E-state index contributed by atoms with van der Waals surface area (Å²) in [5.74, 6) is -0.661. The van der Waals surface area contributed by atoms with Gasteiger partial charge in [0.15, 0.2) is 5.69 Å². The molecule has 0 fully saturated rings. The minimum Gasteiger partial charge on any atom is -0.366 e. The lowest BCUT2D eigenvalue weighted by Crippen LogP contribution is -2.15. The van der Waals surface area contributed by atoms with E-state index in [0.29, 0.717) is 17.5 Å². The van der Waals surface area contributed by atoms with Crippen LogP contribution in [0.25, 0.3) is 11.1 Å². The monoisotopic (exact) mass is 294 g/mol. The Kier molecular flexibility index (Phi) is 3.97. The van der Waals surface area contributed by atoms with E-state index in [-0.39, 0.29) is 11.1 Å². The van der Waals surface area contributed by atoms with Crippen LogP contribution in [0.5, 0.6) is 0 Å². The Morgan fingerprint density at radius 3 is 2.43 bits per heavy atom. The van der Waals surface area contributed by atoms with Gasteiger partial charge in [0.2, 0.25) is 5.91 Å². The summed E-state index contributed by atoms with van der Waals surface area (Å²) in [4.78, 5) is 14.9. The zero-order valence-electron chi connectivity index (χ0n) is 11.2. The van der Waals surface area contributed by atoms with E-state index in [1.54, 1.807) is 6.92 Å². The zero-order chi connectivity index (χ0) is 15.6. The van der Waals surface area contributed by atoms with Gasteiger partial charge in [-0.1, -0.05) is 25.1 Å². The number of hydrogen-bond donors (Lipinski definition) is 1. The summed E-state index contributed by atoms with van der Waals surface area (Å²) in [5, 5.41) is 0. The Bertz CT molecular complexity index is 681. The van der Waals surface area contributed by atoms with E-state index in [1.165, 1.54) is 30.3 Å². The number of rotatable bonds is 3. The molecule has 0 unspecified atom stereocenters. The maximum atomic E-state index is 13.1. The summed E-state index contributed by atoms with van der Waals surface area (Å²) >= 11 is 0. The van der Waals surface area contributed by atoms with Crippen LogP contribution in [0.2, 0.25) is 0 Å². The van der Waals surface area contributed by atoms with Gasteiger partial charge in [-0.05, 0) is 29.7 Å². The van der Waals surface area contributed by atoms with Crippen LogP contribution in [-0.4, -0.2) is 10.9 Å². The maximum absolute atomic E-state index is 13.1. The lowest BCUT2D eigenvalue weighted by atomic mass is 9.92. The highest BCUT2D eigenvalue weighted by Gasteiger charge is 2.35. The molecule has 0 aliphatic heterocycles. The van der Waals surface area contributed by atoms with Crippen LogP contribution in [0.3, 0.4) is 0 Å². The van der Waals surface area contributed by atoms with Crippen molar-refractivity contribution in [2.24, 2.45) is 5.73 Å². The van der Waals surface area contributed by atoms with E-state index >= 15 is 0 Å². The Morgan fingerprint density at radius 2 is 1.86 bits per heavy atom. The number of primary amides is 1. The molecular formula is C15H13F3N2O. The van der Waals surface area contributed by atoms with E-state index in [0.717, 1.165) is 6.20 Å². The first-order valence-corrected chi connectivity index (χ1v) is 6.30. The van der Waals surface area contributed by atoms with Gasteiger partial charge in [-0.3, -0.25) is 9.78 Å². The third kappa shape index (κ3) is 2.89. The van der Waals surface area contributed by atoms with Crippen molar-refractivity contribution in [3.8, 4) is 11.1 Å². The fourth-order valence-electron chi connectivity index (χ4n) is 2.30. The number of carbonyl (C=O) groups excluding carboxylic acids is 1. The molecule has 1 amide bonds. The molecular weight excluding hydrogens is 281 g/mol. The summed E-state index contributed by atoms with van der Waals surface area (Å²) in [6, 6.07) is 7.34. The van der Waals surface area contributed by atoms with Crippen LogP contribution < -0.4 is 5.73 Å². The van der Waals surface area contributed by atoms with Crippen molar-refractivity contribution in [3.05, 3.63) is 53.3 Å². The van der Waals surface area contributed by atoms with Crippen molar-refractivity contribution < 1.29 is 18.0 Å². The van der Waals surface area contributed by atoms with Gasteiger partial charge in [0.05, 0.1) is 0 Å². The molecule has 1 heterocycles. The molecule has 2 N–H and O–H groups in total. The molecule has 1 aromatic carbocycles. The molecule has 3 nitrogen and oxygen atoms in total. The summed E-state index contributed by atoms with van der Waals surface area (Å²) in [6.07, 6.45) is -3.08. The third-order valence-electron chi connectivity index (χ3n) is 3.16. The molecule has 21 heavy (non-hydrogen) atoms. The second kappa shape index (κ2) is 5.55. The van der Waals surface area contributed by atoms with Crippen LogP contribution >= 0.6 is 0 Å². The predicted octanol–water partition coefficient (Wildman–Crippen LogP) is 3.43. The fraction of sp³-hybridized carbons (Fsp3) is 0.200. The molecule has 0 saturated heterocycles. The molecule has 2 aromatic rings. The second-order valence-corrected chi connectivity index (χ2v) is 4.45. The SMILES string of the molecule is CCc1c(C(N)=O)cccc1-c1cccnc1C(F)(F)F. The fourth-order valence-corrected chi connectivity index (χ4v) is 2.30. The molecule has 6 heteroatoms. The topological polar surface area (TPSA) is 56.0 Å². The number of alkyl halides is 3. The first-order chi connectivity index (χ1) is 9.86. The Balaban J connectivity index is 2.74. The van der Waals surface area contributed by atoms with Crippen LogP contribution in [0.4, 0.5) is 13.2 Å². The molecule has 0 bridgehead atoms. The summed E-state index contributed by atoms with van der Waals surface area (Å²) in [5.41, 5.74) is 5.31. The van der Waals surface area contributed by atoms with Crippen molar-refractivity contribution in [2.75, 3.05) is 0 Å². The molecule has 0 saturated carbocycles. The van der Waals surface area contributed by atoms with Crippen LogP contribution in [0.15, 0.2) is 36.5 Å². The van der Waals surface area contributed by atoms with E-state index in [4.69, 9.17) is 5.73 Å². The highest BCUT2D eigenvalue weighted by atomic mass is 19.4. The molecule has 2 rings (SSSR count). The van der Waals surface area contributed by atoms with Crippen molar-refractivity contribution in [3.63, 3.8) is 0 Å². The average molecular weight is 294 g/mol. The number of benzene rings is 1. The molecule has 0 aliphatic carbocycles. The quantitative estimate of drug-likeness (QED) is 0.943. The van der Waals surface area contributed by atoms with Crippen LogP contribution in [0.1, 0.15) is 28.5 Å². The Morgan fingerprint density at radius 1 is 1.19 bits per heavy atom. The molecule has 1 aromatic heterocycles. The highest BCUT2D eigenvalue weighted by molar-refractivity contribution is 5.96. The van der Waals surface area contributed by atoms with E-state index in [9.17, 15) is 18.0 Å². The molecule has 0 aliphatic rings. The van der Waals surface area contributed by atoms with E-state index < -0.39 is 17.8 Å². The number of carbonyl (C=O) groups is 1. The minimum atomic E-state index is -4.57. The largest absolute Gasteiger partial charge is 0.433 e. The van der Waals surface area contributed by atoms with E-state index in [2.05, 4.69) is 4.98 Å². The number of aromatic nitrogens is 1. The number of pyridine rings is 1. The minimum absolute atomic E-state index is 0.0510. The van der Waals surface area contributed by atoms with Gasteiger partial charge in [0, 0.05) is 17.3 Å². The van der Waals surface area contributed by atoms with Gasteiger partial charge in [0.1, 0.15) is 0 Å². The van der Waals surface area contributed by atoms with Gasteiger partial charge in [-0.15, -0.1) is 0 Å².